The maximum Gasteiger partial charge on any atom is 0.311 e. The molecule has 7 nitrogen and oxygen atoms in total. The zero-order chi connectivity index (χ0) is 17.1. The Labute approximate surface area is 141 Å². The number of nitrogens with zero attached hydrogens (tertiary/aromatic N) is 2. The number of carbonyl (C=O) groups is 1. The van der Waals surface area contributed by atoms with Crippen LogP contribution < -0.4 is 10.1 Å². The quantitative estimate of drug-likeness (QED) is 0.637. The van der Waals surface area contributed by atoms with Crippen LogP contribution in [0.4, 0.5) is 5.69 Å². The molecule has 1 aliphatic heterocycles. The summed E-state index contributed by atoms with van der Waals surface area (Å²) < 4.78 is 4.98. The van der Waals surface area contributed by atoms with Crippen molar-refractivity contribution in [2.45, 2.75) is 31.7 Å². The largest absolute Gasteiger partial charge is 0.490 e. The normalized spacial score (nSPS) is 18.5. The Balaban J connectivity index is 1.60. The van der Waals surface area contributed by atoms with Crippen molar-refractivity contribution in [3.63, 3.8) is 0 Å². The Hall–Kier alpha value is -2.15. The lowest BCUT2D eigenvalue weighted by atomic mass is 10.0. The van der Waals surface area contributed by atoms with Crippen molar-refractivity contribution in [2.75, 3.05) is 26.7 Å². The first-order chi connectivity index (χ1) is 11.6. The number of ether oxygens (including phenoxy) is 1. The van der Waals surface area contributed by atoms with Crippen molar-refractivity contribution in [2.24, 2.45) is 5.92 Å². The molecule has 0 radical (unpaired) electrons. The Morgan fingerprint density at radius 2 is 2.04 bits per heavy atom. The molecule has 7 heteroatoms. The third-order valence-corrected chi connectivity index (χ3v) is 4.80. The van der Waals surface area contributed by atoms with E-state index in [1.165, 1.54) is 32.1 Å². The van der Waals surface area contributed by atoms with Crippen molar-refractivity contribution >= 4 is 11.6 Å². The number of methoxy groups -OCH3 is 1. The number of amides is 1. The van der Waals surface area contributed by atoms with Crippen LogP contribution in [0.2, 0.25) is 0 Å². The van der Waals surface area contributed by atoms with Gasteiger partial charge in [0.1, 0.15) is 0 Å². The molecule has 130 valence electrons. The number of piperidine rings is 1. The van der Waals surface area contributed by atoms with Gasteiger partial charge in [-0.1, -0.05) is 0 Å². The fourth-order valence-corrected chi connectivity index (χ4v) is 3.09. The Morgan fingerprint density at radius 3 is 2.62 bits per heavy atom. The van der Waals surface area contributed by atoms with Gasteiger partial charge in [0.15, 0.2) is 5.75 Å². The lowest BCUT2D eigenvalue weighted by molar-refractivity contribution is -0.385. The molecule has 0 bridgehead atoms. The third-order valence-electron chi connectivity index (χ3n) is 4.80. The Kier molecular flexibility index (Phi) is 4.99. The highest BCUT2D eigenvalue weighted by Gasteiger charge is 2.27. The molecule has 24 heavy (non-hydrogen) atoms. The summed E-state index contributed by atoms with van der Waals surface area (Å²) in [7, 11) is 1.38. The lowest BCUT2D eigenvalue weighted by Gasteiger charge is -2.32. The van der Waals surface area contributed by atoms with E-state index in [9.17, 15) is 14.9 Å². The summed E-state index contributed by atoms with van der Waals surface area (Å²) in [5.41, 5.74) is 0.163. The monoisotopic (exact) mass is 333 g/mol. The van der Waals surface area contributed by atoms with Gasteiger partial charge in [0.05, 0.1) is 12.0 Å². The molecule has 2 fully saturated rings. The van der Waals surface area contributed by atoms with Gasteiger partial charge in [0.2, 0.25) is 0 Å². The highest BCUT2D eigenvalue weighted by atomic mass is 16.6. The highest BCUT2D eigenvalue weighted by molar-refractivity contribution is 5.95. The number of rotatable bonds is 6. The molecule has 3 rings (SSSR count). The van der Waals surface area contributed by atoms with Gasteiger partial charge >= 0.3 is 5.69 Å². The van der Waals surface area contributed by atoms with Gasteiger partial charge in [0, 0.05) is 30.8 Å². The van der Waals surface area contributed by atoms with E-state index in [0.29, 0.717) is 24.7 Å². The molecular weight excluding hydrogens is 310 g/mol. The van der Waals surface area contributed by atoms with Crippen LogP contribution >= 0.6 is 0 Å². The first kappa shape index (κ1) is 16.7. The molecule has 1 heterocycles. The van der Waals surface area contributed by atoms with E-state index in [-0.39, 0.29) is 17.3 Å². The van der Waals surface area contributed by atoms with Crippen molar-refractivity contribution in [3.05, 3.63) is 33.9 Å². The zero-order valence-corrected chi connectivity index (χ0v) is 13.9. The molecule has 0 spiro atoms. The highest BCUT2D eigenvalue weighted by Crippen LogP contribution is 2.29. The zero-order valence-electron chi connectivity index (χ0n) is 13.9. The second-order valence-electron chi connectivity index (χ2n) is 6.56. The first-order valence-electron chi connectivity index (χ1n) is 8.43. The minimum Gasteiger partial charge on any atom is -0.490 e. The number of nitro groups is 1. The van der Waals surface area contributed by atoms with Gasteiger partial charge < -0.3 is 15.0 Å². The topological polar surface area (TPSA) is 84.7 Å². The molecule has 0 atom stereocenters. The van der Waals surface area contributed by atoms with E-state index in [1.807, 2.05) is 0 Å². The van der Waals surface area contributed by atoms with Crippen molar-refractivity contribution in [3.8, 4) is 5.75 Å². The number of nitrogens with one attached hydrogen (secondary N) is 1. The molecule has 1 aromatic rings. The minimum absolute atomic E-state index is 0.151. The van der Waals surface area contributed by atoms with E-state index < -0.39 is 4.92 Å². The van der Waals surface area contributed by atoms with E-state index in [0.717, 1.165) is 25.3 Å². The molecule has 2 aliphatic rings. The van der Waals surface area contributed by atoms with Crippen molar-refractivity contribution in [1.82, 2.24) is 10.2 Å². The smallest absolute Gasteiger partial charge is 0.311 e. The number of nitro benzene ring substituents is 1. The molecule has 1 saturated heterocycles. The Morgan fingerprint density at radius 1 is 1.33 bits per heavy atom. The second-order valence-corrected chi connectivity index (χ2v) is 6.56. The fraction of sp³-hybridized carbons (Fsp3) is 0.588. The van der Waals surface area contributed by atoms with Crippen LogP contribution in [-0.4, -0.2) is 48.5 Å². The third kappa shape index (κ3) is 3.84. The van der Waals surface area contributed by atoms with Crippen LogP contribution in [-0.2, 0) is 0 Å². The van der Waals surface area contributed by atoms with E-state index in [2.05, 4.69) is 5.32 Å². The molecule has 1 N–H and O–H groups in total. The maximum atomic E-state index is 12.6. The van der Waals surface area contributed by atoms with Crippen LogP contribution in [0.5, 0.6) is 5.75 Å². The average Bonchev–Trinajstić information content (AvgIpc) is 3.43. The molecule has 1 amide bonds. The molecule has 1 aromatic carbocycles. The van der Waals surface area contributed by atoms with Gasteiger partial charge in [-0.2, -0.15) is 0 Å². The van der Waals surface area contributed by atoms with E-state index >= 15 is 0 Å². The Bertz CT molecular complexity index is 622. The number of hydrogen-bond acceptors (Lipinski definition) is 5. The lowest BCUT2D eigenvalue weighted by Crippen LogP contribution is -2.45. The minimum atomic E-state index is -0.524. The first-order valence-corrected chi connectivity index (χ1v) is 8.43. The standard InChI is InChI=1S/C17H23N3O4/c1-24-16-5-4-13(10-15(16)20(22)23)17(21)19-8-6-14(7-9-19)18-11-12-2-3-12/h4-5,10,12,14,18H,2-3,6-9,11H2,1H3. The van der Waals surface area contributed by atoms with Gasteiger partial charge in [-0.3, -0.25) is 14.9 Å². The molecule has 1 saturated carbocycles. The predicted molar refractivity (Wildman–Crippen MR) is 89.3 cm³/mol. The summed E-state index contributed by atoms with van der Waals surface area (Å²) in [6, 6.07) is 4.85. The summed E-state index contributed by atoms with van der Waals surface area (Å²) >= 11 is 0. The second kappa shape index (κ2) is 7.17. The average molecular weight is 333 g/mol. The molecule has 1 aliphatic carbocycles. The summed E-state index contributed by atoms with van der Waals surface area (Å²) in [6.07, 6.45) is 4.52. The van der Waals surface area contributed by atoms with Gasteiger partial charge in [-0.05, 0) is 50.3 Å². The van der Waals surface area contributed by atoms with Crippen LogP contribution in [0.1, 0.15) is 36.0 Å². The van der Waals surface area contributed by atoms with Crippen LogP contribution in [0.25, 0.3) is 0 Å². The summed E-state index contributed by atoms with van der Waals surface area (Å²) in [4.78, 5) is 25.0. The van der Waals surface area contributed by atoms with Crippen molar-refractivity contribution in [1.29, 1.82) is 0 Å². The van der Waals surface area contributed by atoms with Gasteiger partial charge in [-0.15, -0.1) is 0 Å². The molecule has 0 aromatic heterocycles. The van der Waals surface area contributed by atoms with Crippen LogP contribution in [0, 0.1) is 16.0 Å². The summed E-state index contributed by atoms with van der Waals surface area (Å²) in [6.45, 7) is 2.45. The van der Waals surface area contributed by atoms with Crippen molar-refractivity contribution < 1.29 is 14.5 Å². The fourth-order valence-electron chi connectivity index (χ4n) is 3.09. The van der Waals surface area contributed by atoms with E-state index in [1.54, 1.807) is 11.0 Å². The number of carbonyl (C=O) groups excluding carboxylic acids is 1. The van der Waals surface area contributed by atoms with Crippen LogP contribution in [0.3, 0.4) is 0 Å². The summed E-state index contributed by atoms with van der Waals surface area (Å²) in [5.74, 6) is 0.866. The number of hydrogen-bond donors (Lipinski definition) is 1. The molecular formula is C17H23N3O4. The van der Waals surface area contributed by atoms with E-state index in [4.69, 9.17) is 4.74 Å². The summed E-state index contributed by atoms with van der Waals surface area (Å²) in [5, 5.41) is 14.7. The maximum absolute atomic E-state index is 12.6. The molecule has 0 unspecified atom stereocenters. The SMILES string of the molecule is COc1ccc(C(=O)N2CCC(NCC3CC3)CC2)cc1[N+](=O)[O-]. The number of benzene rings is 1. The van der Waals surface area contributed by atoms with Gasteiger partial charge in [0.25, 0.3) is 5.91 Å². The number of likely N-dealkylation sites (tertiary alicyclic amines) is 1. The van der Waals surface area contributed by atoms with Crippen LogP contribution in [0.15, 0.2) is 18.2 Å². The predicted octanol–water partition coefficient (Wildman–Crippen LogP) is 2.21. The van der Waals surface area contributed by atoms with Gasteiger partial charge in [-0.25, -0.2) is 0 Å².